The highest BCUT2D eigenvalue weighted by molar-refractivity contribution is 5.36. The molecule has 0 aliphatic carbocycles. The van der Waals surface area contributed by atoms with E-state index in [0.29, 0.717) is 11.1 Å². The zero-order valence-corrected chi connectivity index (χ0v) is 7.66. The van der Waals surface area contributed by atoms with Crippen LogP contribution >= 0.6 is 0 Å². The van der Waals surface area contributed by atoms with Crippen LogP contribution in [0.5, 0.6) is 0 Å². The molecule has 0 radical (unpaired) electrons. The molecule has 0 amide bonds. The van der Waals surface area contributed by atoms with Gasteiger partial charge in [0.05, 0.1) is 0 Å². The lowest BCUT2D eigenvalue weighted by Crippen LogP contribution is -1.85. The molecule has 0 fully saturated rings. The van der Waals surface area contributed by atoms with Crippen molar-refractivity contribution in [3.05, 3.63) is 35.2 Å². The second-order valence-corrected chi connectivity index (χ2v) is 2.69. The maximum absolute atomic E-state index is 13.2. The zero-order chi connectivity index (χ0) is 9.02. The Bertz CT molecular complexity index is 219. The molecule has 0 aromatic carbocycles. The van der Waals surface area contributed by atoms with E-state index in [0.717, 1.165) is 5.57 Å². The fourth-order valence-electron chi connectivity index (χ4n) is 0.610. The van der Waals surface area contributed by atoms with Gasteiger partial charge in [-0.2, -0.15) is 0 Å². The number of allylic oxidation sites excluding steroid dienone is 5. The van der Waals surface area contributed by atoms with Crippen molar-refractivity contribution >= 4 is 0 Å². The van der Waals surface area contributed by atoms with Gasteiger partial charge in [0.1, 0.15) is 5.83 Å². The number of hydrogen-bond acceptors (Lipinski definition) is 0. The van der Waals surface area contributed by atoms with Gasteiger partial charge in [0.15, 0.2) is 0 Å². The van der Waals surface area contributed by atoms with E-state index in [1.54, 1.807) is 26.8 Å². The molecular formula is C10H15F. The molecule has 0 spiro atoms. The second kappa shape index (κ2) is 4.12. The molecule has 0 aliphatic rings. The van der Waals surface area contributed by atoms with Crippen molar-refractivity contribution < 1.29 is 4.39 Å². The van der Waals surface area contributed by atoms with Crippen LogP contribution in [0.4, 0.5) is 4.39 Å². The number of rotatable bonds is 2. The Morgan fingerprint density at radius 3 is 2.00 bits per heavy atom. The minimum absolute atomic E-state index is 0.153. The standard InChI is InChI=1S/C10H15F/c1-6-8(4)10(11)9(5)7(2)3/h6H,2H2,1,3-5H3/b8-6-,10-9+. The molecule has 0 aromatic heterocycles. The van der Waals surface area contributed by atoms with Crippen LogP contribution in [0.15, 0.2) is 35.2 Å². The Hall–Kier alpha value is -0.850. The quantitative estimate of drug-likeness (QED) is 0.531. The fourth-order valence-corrected chi connectivity index (χ4v) is 0.610. The number of hydrogen-bond donors (Lipinski definition) is 0. The summed E-state index contributed by atoms with van der Waals surface area (Å²) in [5.41, 5.74) is 2.09. The summed E-state index contributed by atoms with van der Waals surface area (Å²) in [6.45, 7) is 10.8. The van der Waals surface area contributed by atoms with E-state index in [1.165, 1.54) is 0 Å². The summed E-state index contributed by atoms with van der Waals surface area (Å²) in [4.78, 5) is 0. The van der Waals surface area contributed by atoms with Gasteiger partial charge in [-0.25, -0.2) is 4.39 Å². The van der Waals surface area contributed by atoms with Crippen molar-refractivity contribution in [2.45, 2.75) is 27.7 Å². The van der Waals surface area contributed by atoms with Gasteiger partial charge in [0, 0.05) is 0 Å². The van der Waals surface area contributed by atoms with Crippen LogP contribution in [0, 0.1) is 0 Å². The molecular weight excluding hydrogens is 139 g/mol. The van der Waals surface area contributed by atoms with Crippen LogP contribution in [0.3, 0.4) is 0 Å². The first kappa shape index (κ1) is 10.2. The van der Waals surface area contributed by atoms with Crippen LogP contribution < -0.4 is 0 Å². The smallest absolute Gasteiger partial charge is 0.128 e. The molecule has 11 heavy (non-hydrogen) atoms. The Labute approximate surface area is 68.1 Å². The molecule has 0 bridgehead atoms. The molecule has 0 unspecified atom stereocenters. The first-order valence-corrected chi connectivity index (χ1v) is 3.66. The lowest BCUT2D eigenvalue weighted by molar-refractivity contribution is 0.640. The Morgan fingerprint density at radius 1 is 1.27 bits per heavy atom. The highest BCUT2D eigenvalue weighted by Gasteiger charge is 2.02. The molecule has 1 heteroatoms. The predicted molar refractivity (Wildman–Crippen MR) is 48.1 cm³/mol. The topological polar surface area (TPSA) is 0 Å². The first-order chi connectivity index (χ1) is 5.00. The minimum Gasteiger partial charge on any atom is -0.206 e. The SMILES string of the molecule is C=C(C)/C(C)=C(F)\C(C)=C/C. The number of halogens is 1. The van der Waals surface area contributed by atoms with Crippen LogP contribution in [0.1, 0.15) is 27.7 Å². The molecule has 0 rings (SSSR count). The van der Waals surface area contributed by atoms with Crippen molar-refractivity contribution in [3.8, 4) is 0 Å². The Kier molecular flexibility index (Phi) is 3.80. The average molecular weight is 154 g/mol. The van der Waals surface area contributed by atoms with Crippen molar-refractivity contribution in [3.63, 3.8) is 0 Å². The maximum atomic E-state index is 13.2. The molecule has 0 atom stereocenters. The second-order valence-electron chi connectivity index (χ2n) is 2.69. The third-order valence-electron chi connectivity index (χ3n) is 1.75. The summed E-state index contributed by atoms with van der Waals surface area (Å²) >= 11 is 0. The predicted octanol–water partition coefficient (Wildman–Crippen LogP) is 3.77. The first-order valence-electron chi connectivity index (χ1n) is 3.66. The van der Waals surface area contributed by atoms with Crippen molar-refractivity contribution in [1.29, 1.82) is 0 Å². The summed E-state index contributed by atoms with van der Waals surface area (Å²) < 4.78 is 13.2. The molecule has 0 aliphatic heterocycles. The fraction of sp³-hybridized carbons (Fsp3) is 0.400. The third-order valence-corrected chi connectivity index (χ3v) is 1.75. The van der Waals surface area contributed by atoms with Crippen LogP contribution in [0.25, 0.3) is 0 Å². The van der Waals surface area contributed by atoms with E-state index in [-0.39, 0.29) is 5.83 Å². The summed E-state index contributed by atoms with van der Waals surface area (Å²) in [6, 6.07) is 0. The summed E-state index contributed by atoms with van der Waals surface area (Å²) in [6.07, 6.45) is 1.75. The molecule has 0 saturated heterocycles. The van der Waals surface area contributed by atoms with Crippen LogP contribution in [0.2, 0.25) is 0 Å². The summed E-state index contributed by atoms with van der Waals surface area (Å²) in [5.74, 6) is -0.153. The van der Waals surface area contributed by atoms with Gasteiger partial charge < -0.3 is 0 Å². The van der Waals surface area contributed by atoms with Crippen LogP contribution in [-0.4, -0.2) is 0 Å². The van der Waals surface area contributed by atoms with Gasteiger partial charge in [-0.3, -0.25) is 0 Å². The normalized spacial score (nSPS) is 14.5. The highest BCUT2D eigenvalue weighted by atomic mass is 19.1. The van der Waals surface area contributed by atoms with E-state index >= 15 is 0 Å². The average Bonchev–Trinajstić information content (AvgIpc) is 2.00. The zero-order valence-electron chi connectivity index (χ0n) is 7.66. The Balaban J connectivity index is 4.81. The van der Waals surface area contributed by atoms with Gasteiger partial charge in [-0.15, -0.1) is 0 Å². The van der Waals surface area contributed by atoms with Gasteiger partial charge >= 0.3 is 0 Å². The van der Waals surface area contributed by atoms with Crippen LogP contribution in [-0.2, 0) is 0 Å². The van der Waals surface area contributed by atoms with Crippen molar-refractivity contribution in [2.24, 2.45) is 0 Å². The highest BCUT2D eigenvalue weighted by Crippen LogP contribution is 2.19. The molecule has 0 saturated carbocycles. The van der Waals surface area contributed by atoms with E-state index in [2.05, 4.69) is 6.58 Å². The minimum atomic E-state index is -0.153. The largest absolute Gasteiger partial charge is 0.206 e. The Morgan fingerprint density at radius 2 is 1.73 bits per heavy atom. The summed E-state index contributed by atoms with van der Waals surface area (Å²) in [7, 11) is 0. The van der Waals surface area contributed by atoms with Crippen molar-refractivity contribution in [2.75, 3.05) is 0 Å². The van der Waals surface area contributed by atoms with E-state index in [1.807, 2.05) is 6.92 Å². The lowest BCUT2D eigenvalue weighted by Gasteiger charge is -2.02. The third kappa shape index (κ3) is 2.71. The van der Waals surface area contributed by atoms with Crippen molar-refractivity contribution in [1.82, 2.24) is 0 Å². The molecule has 0 heterocycles. The van der Waals surface area contributed by atoms with Gasteiger partial charge in [-0.1, -0.05) is 18.2 Å². The van der Waals surface area contributed by atoms with Gasteiger partial charge in [-0.05, 0) is 38.8 Å². The maximum Gasteiger partial charge on any atom is 0.128 e. The monoisotopic (exact) mass is 154 g/mol. The van der Waals surface area contributed by atoms with E-state index in [9.17, 15) is 4.39 Å². The molecule has 0 aromatic rings. The molecule has 0 nitrogen and oxygen atoms in total. The lowest BCUT2D eigenvalue weighted by atomic mass is 10.1. The molecule has 0 N–H and O–H groups in total. The van der Waals surface area contributed by atoms with E-state index < -0.39 is 0 Å². The van der Waals surface area contributed by atoms with E-state index in [4.69, 9.17) is 0 Å². The molecule has 62 valence electrons. The van der Waals surface area contributed by atoms with Gasteiger partial charge in [0.2, 0.25) is 0 Å². The summed E-state index contributed by atoms with van der Waals surface area (Å²) in [5, 5.41) is 0. The van der Waals surface area contributed by atoms with Gasteiger partial charge in [0.25, 0.3) is 0 Å².